The molecular formula is C12H21N3O3S. The third kappa shape index (κ3) is 5.15. The van der Waals surface area contributed by atoms with Crippen molar-refractivity contribution in [2.45, 2.75) is 24.2 Å². The molecule has 1 rings (SSSR count). The van der Waals surface area contributed by atoms with E-state index in [0.29, 0.717) is 18.8 Å². The van der Waals surface area contributed by atoms with E-state index in [4.69, 9.17) is 10.6 Å². The van der Waals surface area contributed by atoms with E-state index >= 15 is 0 Å². The topological polar surface area (TPSA) is 93.4 Å². The molecule has 6 nitrogen and oxygen atoms in total. The van der Waals surface area contributed by atoms with Gasteiger partial charge in [-0.25, -0.2) is 13.1 Å². The molecule has 0 unspecified atom stereocenters. The highest BCUT2D eigenvalue weighted by atomic mass is 32.2. The third-order valence-electron chi connectivity index (χ3n) is 2.65. The highest BCUT2D eigenvalue weighted by Gasteiger charge is 2.16. The van der Waals surface area contributed by atoms with Crippen LogP contribution in [0.4, 0.5) is 5.69 Å². The molecule has 0 aromatic heterocycles. The van der Waals surface area contributed by atoms with Gasteiger partial charge >= 0.3 is 0 Å². The van der Waals surface area contributed by atoms with Gasteiger partial charge in [-0.05, 0) is 31.4 Å². The molecule has 0 aliphatic rings. The fourth-order valence-electron chi connectivity index (χ4n) is 1.65. The minimum absolute atomic E-state index is 0.161. The van der Waals surface area contributed by atoms with Crippen LogP contribution in [0.25, 0.3) is 0 Å². The Balaban J connectivity index is 2.52. The Morgan fingerprint density at radius 2 is 1.95 bits per heavy atom. The molecule has 0 heterocycles. The second-order valence-corrected chi connectivity index (χ2v) is 5.83. The largest absolute Gasteiger partial charge is 0.385 e. The molecule has 0 spiro atoms. The number of nitrogen functional groups attached to an aromatic ring is 1. The Kier molecular flexibility index (Phi) is 6.79. The molecule has 0 radical (unpaired) electrons. The molecule has 0 aliphatic heterocycles. The fourth-order valence-corrected chi connectivity index (χ4v) is 2.90. The van der Waals surface area contributed by atoms with Crippen molar-refractivity contribution in [1.29, 1.82) is 0 Å². The summed E-state index contributed by atoms with van der Waals surface area (Å²) in [6.07, 6.45) is 2.63. The highest BCUT2D eigenvalue weighted by Crippen LogP contribution is 2.19. The van der Waals surface area contributed by atoms with E-state index in [1.807, 2.05) is 0 Å². The van der Waals surface area contributed by atoms with Crippen LogP contribution in [0.2, 0.25) is 0 Å². The van der Waals surface area contributed by atoms with Gasteiger partial charge in [0.05, 0.1) is 5.69 Å². The Hall–Kier alpha value is -1.15. The Labute approximate surface area is 114 Å². The molecule has 0 saturated heterocycles. The predicted octanol–water partition coefficient (Wildman–Crippen LogP) is 1.07. The number of methoxy groups -OCH3 is 1. The lowest BCUT2D eigenvalue weighted by molar-refractivity contribution is 0.192. The van der Waals surface area contributed by atoms with Crippen LogP contribution in [0, 0.1) is 0 Å². The van der Waals surface area contributed by atoms with Gasteiger partial charge in [-0.15, -0.1) is 0 Å². The third-order valence-corrected chi connectivity index (χ3v) is 4.17. The van der Waals surface area contributed by atoms with E-state index in [2.05, 4.69) is 10.1 Å². The van der Waals surface area contributed by atoms with Gasteiger partial charge in [-0.3, -0.25) is 5.84 Å². The number of unbranched alkanes of at least 4 members (excludes halogenated alkanes) is 2. The molecule has 0 amide bonds. The first-order valence-electron chi connectivity index (χ1n) is 6.16. The summed E-state index contributed by atoms with van der Waals surface area (Å²) in [6.45, 7) is 1.11. The number of para-hydroxylation sites is 1. The maximum atomic E-state index is 12.1. The van der Waals surface area contributed by atoms with Crippen LogP contribution in [0.15, 0.2) is 29.2 Å². The highest BCUT2D eigenvalue weighted by molar-refractivity contribution is 7.89. The van der Waals surface area contributed by atoms with Crippen molar-refractivity contribution in [3.63, 3.8) is 0 Å². The number of hydrogen-bond acceptors (Lipinski definition) is 5. The summed E-state index contributed by atoms with van der Waals surface area (Å²) in [5.41, 5.74) is 2.77. The number of sulfonamides is 1. The first-order chi connectivity index (χ1) is 9.11. The van der Waals surface area contributed by atoms with E-state index in [9.17, 15) is 8.42 Å². The first kappa shape index (κ1) is 15.9. The molecule has 108 valence electrons. The quantitative estimate of drug-likeness (QED) is 0.359. The van der Waals surface area contributed by atoms with Crippen molar-refractivity contribution in [2.75, 3.05) is 25.7 Å². The van der Waals surface area contributed by atoms with Gasteiger partial charge in [0.15, 0.2) is 0 Å². The average Bonchev–Trinajstić information content (AvgIpc) is 2.42. The van der Waals surface area contributed by atoms with Crippen molar-refractivity contribution in [3.05, 3.63) is 24.3 Å². The summed E-state index contributed by atoms with van der Waals surface area (Å²) >= 11 is 0. The summed E-state index contributed by atoms with van der Waals surface area (Å²) in [5, 5.41) is 0. The second-order valence-electron chi connectivity index (χ2n) is 4.09. The zero-order valence-electron chi connectivity index (χ0n) is 11.1. The molecule has 1 aromatic rings. The molecule has 0 aliphatic carbocycles. The van der Waals surface area contributed by atoms with E-state index in [1.165, 1.54) is 6.07 Å². The zero-order valence-corrected chi connectivity index (χ0v) is 11.9. The lowest BCUT2D eigenvalue weighted by atomic mass is 10.2. The summed E-state index contributed by atoms with van der Waals surface area (Å²) in [7, 11) is -1.87. The summed E-state index contributed by atoms with van der Waals surface area (Å²) in [5.74, 6) is 5.30. The van der Waals surface area contributed by atoms with Crippen LogP contribution >= 0.6 is 0 Å². The van der Waals surface area contributed by atoms with Crippen LogP contribution < -0.4 is 16.0 Å². The van der Waals surface area contributed by atoms with E-state index < -0.39 is 10.0 Å². The van der Waals surface area contributed by atoms with Crippen molar-refractivity contribution in [3.8, 4) is 0 Å². The molecule has 0 saturated carbocycles. The van der Waals surface area contributed by atoms with Gasteiger partial charge < -0.3 is 10.2 Å². The van der Waals surface area contributed by atoms with Crippen molar-refractivity contribution >= 4 is 15.7 Å². The van der Waals surface area contributed by atoms with Gasteiger partial charge in [-0.1, -0.05) is 12.1 Å². The van der Waals surface area contributed by atoms with Gasteiger partial charge in [0, 0.05) is 20.3 Å². The number of anilines is 1. The van der Waals surface area contributed by atoms with Gasteiger partial charge in [-0.2, -0.15) is 0 Å². The van der Waals surface area contributed by atoms with E-state index in [0.717, 1.165) is 19.3 Å². The number of ether oxygens (including phenoxy) is 1. The maximum Gasteiger partial charge on any atom is 0.242 e. The lowest BCUT2D eigenvalue weighted by Gasteiger charge is -2.10. The maximum absolute atomic E-state index is 12.1. The standard InChI is InChI=1S/C12H21N3O3S/c1-18-10-6-2-5-9-14-19(16,17)12-8-4-3-7-11(12)15-13/h3-4,7-8,14-15H,2,5-6,9-10,13H2,1H3. The molecule has 0 bridgehead atoms. The monoisotopic (exact) mass is 287 g/mol. The Morgan fingerprint density at radius 1 is 1.21 bits per heavy atom. The van der Waals surface area contributed by atoms with E-state index in [-0.39, 0.29) is 4.90 Å². The molecule has 4 N–H and O–H groups in total. The minimum Gasteiger partial charge on any atom is -0.385 e. The number of nitrogens with two attached hydrogens (primary N) is 1. The fraction of sp³-hybridized carbons (Fsp3) is 0.500. The SMILES string of the molecule is COCCCCCNS(=O)(=O)c1ccccc1NN. The molecule has 19 heavy (non-hydrogen) atoms. The summed E-state index contributed by atoms with van der Waals surface area (Å²) in [6, 6.07) is 6.52. The van der Waals surface area contributed by atoms with Crippen LogP contribution in [-0.4, -0.2) is 28.7 Å². The van der Waals surface area contributed by atoms with Crippen LogP contribution in [-0.2, 0) is 14.8 Å². The van der Waals surface area contributed by atoms with Gasteiger partial charge in [0.1, 0.15) is 4.90 Å². The Morgan fingerprint density at radius 3 is 2.63 bits per heavy atom. The smallest absolute Gasteiger partial charge is 0.242 e. The molecular weight excluding hydrogens is 266 g/mol. The van der Waals surface area contributed by atoms with Crippen molar-refractivity contribution in [2.24, 2.45) is 5.84 Å². The zero-order chi connectivity index (χ0) is 14.1. The van der Waals surface area contributed by atoms with Crippen molar-refractivity contribution < 1.29 is 13.2 Å². The van der Waals surface area contributed by atoms with E-state index in [1.54, 1.807) is 25.3 Å². The Bertz CT molecular complexity index is 477. The molecule has 1 aromatic carbocycles. The van der Waals surface area contributed by atoms with Gasteiger partial charge in [0.25, 0.3) is 0 Å². The number of hydrazine groups is 1. The number of rotatable bonds is 9. The summed E-state index contributed by atoms with van der Waals surface area (Å²) < 4.78 is 31.6. The first-order valence-corrected chi connectivity index (χ1v) is 7.64. The minimum atomic E-state index is -3.52. The van der Waals surface area contributed by atoms with Gasteiger partial charge in [0.2, 0.25) is 10.0 Å². The van der Waals surface area contributed by atoms with Crippen LogP contribution in [0.1, 0.15) is 19.3 Å². The van der Waals surface area contributed by atoms with Crippen LogP contribution in [0.5, 0.6) is 0 Å². The molecule has 0 atom stereocenters. The molecule has 0 fully saturated rings. The predicted molar refractivity (Wildman–Crippen MR) is 75.2 cm³/mol. The number of nitrogens with one attached hydrogen (secondary N) is 2. The number of hydrogen-bond donors (Lipinski definition) is 3. The summed E-state index contributed by atoms with van der Waals surface area (Å²) in [4.78, 5) is 0.161. The normalized spacial score (nSPS) is 11.5. The second kappa shape index (κ2) is 8.11. The lowest BCUT2D eigenvalue weighted by Crippen LogP contribution is -2.26. The van der Waals surface area contributed by atoms with Crippen LogP contribution in [0.3, 0.4) is 0 Å². The van der Waals surface area contributed by atoms with Crippen molar-refractivity contribution in [1.82, 2.24) is 4.72 Å². The average molecular weight is 287 g/mol. The molecule has 7 heteroatoms. The number of benzene rings is 1.